The van der Waals surface area contributed by atoms with Crippen molar-refractivity contribution in [1.29, 1.82) is 0 Å². The Bertz CT molecular complexity index is 872. The molecule has 5 nitrogen and oxygen atoms in total. The van der Waals surface area contributed by atoms with Gasteiger partial charge in [-0.2, -0.15) is 0 Å². The van der Waals surface area contributed by atoms with Crippen molar-refractivity contribution in [2.24, 2.45) is 0 Å². The zero-order valence-corrected chi connectivity index (χ0v) is 13.0. The number of anilines is 1. The van der Waals surface area contributed by atoms with E-state index in [0.29, 0.717) is 16.3 Å². The second-order valence-electron chi connectivity index (χ2n) is 4.94. The Labute approximate surface area is 142 Å². The summed E-state index contributed by atoms with van der Waals surface area (Å²) in [5.41, 5.74) is 0.566. The third kappa shape index (κ3) is 3.16. The van der Waals surface area contributed by atoms with E-state index in [4.69, 9.17) is 16.3 Å². The molecule has 1 aliphatic rings. The number of allylic oxidation sites excluding steroid dienone is 1. The number of aliphatic carboxylic acids is 1. The normalized spacial score (nSPS) is 15.5. The molecule has 120 valence electrons. The number of carbonyl (C=O) groups is 2. The number of hydrogen-bond acceptors (Lipinski definition) is 5. The number of hydrogen-bond donors (Lipinski definition) is 1. The number of ketones is 1. The average Bonchev–Trinajstić information content (AvgIpc) is 2.86. The number of nitrogens with one attached hydrogen (secondary N) is 1. The van der Waals surface area contributed by atoms with Crippen molar-refractivity contribution in [2.45, 2.75) is 0 Å². The summed E-state index contributed by atoms with van der Waals surface area (Å²) in [6.45, 7) is 0. The van der Waals surface area contributed by atoms with Crippen molar-refractivity contribution in [3.8, 4) is 0 Å². The second kappa shape index (κ2) is 6.60. The van der Waals surface area contributed by atoms with E-state index in [1.807, 2.05) is 6.07 Å². The fourth-order valence-corrected chi connectivity index (χ4v) is 2.38. The minimum absolute atomic E-state index is 0.138. The Kier molecular flexibility index (Phi) is 4.35. The Hall–Kier alpha value is -3.05. The summed E-state index contributed by atoms with van der Waals surface area (Å²) in [7, 11) is 0. The number of halogens is 1. The molecule has 0 radical (unpaired) electrons. The molecule has 1 heterocycles. The molecule has 1 aliphatic heterocycles. The third-order valence-corrected chi connectivity index (χ3v) is 3.66. The van der Waals surface area contributed by atoms with E-state index in [1.54, 1.807) is 48.5 Å². The van der Waals surface area contributed by atoms with Crippen LogP contribution in [0.25, 0.3) is 6.08 Å². The van der Waals surface area contributed by atoms with Gasteiger partial charge in [0.05, 0.1) is 5.97 Å². The van der Waals surface area contributed by atoms with Gasteiger partial charge in [-0.15, -0.1) is 0 Å². The van der Waals surface area contributed by atoms with Gasteiger partial charge >= 0.3 is 0 Å². The predicted molar refractivity (Wildman–Crippen MR) is 87.6 cm³/mol. The van der Waals surface area contributed by atoms with E-state index in [2.05, 4.69) is 5.32 Å². The number of para-hydroxylation sites is 1. The first kappa shape index (κ1) is 15.8. The number of carbonyl (C=O) groups excluding carboxylic acids is 2. The molecule has 2 aromatic carbocycles. The van der Waals surface area contributed by atoms with Crippen molar-refractivity contribution < 1.29 is 19.4 Å². The van der Waals surface area contributed by atoms with Crippen LogP contribution in [-0.2, 0) is 14.3 Å². The van der Waals surface area contributed by atoms with E-state index >= 15 is 0 Å². The number of benzene rings is 2. The third-order valence-electron chi connectivity index (χ3n) is 3.32. The molecule has 0 amide bonds. The van der Waals surface area contributed by atoms with Gasteiger partial charge in [-0.3, -0.25) is 4.79 Å². The maximum atomic E-state index is 12.3. The first-order valence-corrected chi connectivity index (χ1v) is 7.40. The molecular formula is C18H11ClNO4-. The Morgan fingerprint density at radius 2 is 1.75 bits per heavy atom. The predicted octanol–water partition coefficient (Wildman–Crippen LogP) is 2.35. The van der Waals surface area contributed by atoms with Crippen LogP contribution < -0.4 is 10.4 Å². The Morgan fingerprint density at radius 1 is 1.08 bits per heavy atom. The lowest BCUT2D eigenvalue weighted by atomic mass is 10.1. The highest BCUT2D eigenvalue weighted by Crippen LogP contribution is 2.29. The van der Waals surface area contributed by atoms with Crippen LogP contribution in [0.5, 0.6) is 0 Å². The minimum Gasteiger partial charge on any atom is -0.544 e. The number of Topliss-reactive ketones (excluding diaryl/α,β-unsaturated/α-hetero) is 1. The monoisotopic (exact) mass is 340 g/mol. The van der Waals surface area contributed by atoms with Gasteiger partial charge in [0, 0.05) is 10.7 Å². The van der Waals surface area contributed by atoms with E-state index in [1.165, 1.54) is 6.08 Å². The molecule has 0 aliphatic carbocycles. The molecule has 6 heteroatoms. The fraction of sp³-hybridized carbons (Fsp3) is 0. The van der Waals surface area contributed by atoms with Gasteiger partial charge in [-0.05, 0) is 29.8 Å². The van der Waals surface area contributed by atoms with Crippen LogP contribution in [0.2, 0.25) is 5.02 Å². The van der Waals surface area contributed by atoms with Crippen molar-refractivity contribution in [3.63, 3.8) is 0 Å². The molecule has 0 atom stereocenters. The summed E-state index contributed by atoms with van der Waals surface area (Å²) in [6.07, 6.45) is 1.40. The van der Waals surface area contributed by atoms with Crippen LogP contribution in [0.15, 0.2) is 71.8 Å². The van der Waals surface area contributed by atoms with Gasteiger partial charge in [0.1, 0.15) is 5.57 Å². The standard InChI is InChI=1S/C18H12ClNO4/c19-13-9-5-4-6-11(13)10-14-16(21)15(18(22)23)17(24-14)20-12-7-2-1-3-8-12/h1-10,20H,(H,22,23)/p-1/b14-10-. The SMILES string of the molecule is O=C([O-])C1=C(Nc2ccccc2)O/C(=C\c2ccccc2Cl)C1=O. The van der Waals surface area contributed by atoms with Gasteiger partial charge < -0.3 is 20.0 Å². The first-order valence-electron chi connectivity index (χ1n) is 7.02. The zero-order valence-electron chi connectivity index (χ0n) is 12.3. The highest BCUT2D eigenvalue weighted by atomic mass is 35.5. The highest BCUT2D eigenvalue weighted by molar-refractivity contribution is 6.32. The smallest absolute Gasteiger partial charge is 0.235 e. The number of ether oxygens (including phenoxy) is 1. The quantitative estimate of drug-likeness (QED) is 0.682. The van der Waals surface area contributed by atoms with Crippen LogP contribution in [0.4, 0.5) is 5.69 Å². The van der Waals surface area contributed by atoms with Gasteiger partial charge in [-0.1, -0.05) is 48.0 Å². The molecule has 0 spiro atoms. The summed E-state index contributed by atoms with van der Waals surface area (Å²) in [4.78, 5) is 23.6. The highest BCUT2D eigenvalue weighted by Gasteiger charge is 2.32. The average molecular weight is 341 g/mol. The number of carboxylic acids is 1. The summed E-state index contributed by atoms with van der Waals surface area (Å²) >= 11 is 6.05. The summed E-state index contributed by atoms with van der Waals surface area (Å²) in [6, 6.07) is 15.6. The molecule has 0 bridgehead atoms. The van der Waals surface area contributed by atoms with Crippen LogP contribution >= 0.6 is 11.6 Å². The van der Waals surface area contributed by atoms with E-state index in [0.717, 1.165) is 0 Å². The Morgan fingerprint density at radius 3 is 2.42 bits per heavy atom. The zero-order chi connectivity index (χ0) is 17.1. The summed E-state index contributed by atoms with van der Waals surface area (Å²) in [5, 5.41) is 14.5. The lowest BCUT2D eigenvalue weighted by Crippen LogP contribution is -2.28. The lowest BCUT2D eigenvalue weighted by Gasteiger charge is -2.09. The molecule has 3 rings (SSSR count). The Balaban J connectivity index is 1.95. The molecule has 0 unspecified atom stereocenters. The van der Waals surface area contributed by atoms with Gasteiger partial charge in [0.15, 0.2) is 5.76 Å². The number of rotatable bonds is 4. The molecule has 24 heavy (non-hydrogen) atoms. The maximum absolute atomic E-state index is 12.3. The molecule has 0 saturated carbocycles. The van der Waals surface area contributed by atoms with Crippen molar-refractivity contribution in [3.05, 3.63) is 82.4 Å². The summed E-state index contributed by atoms with van der Waals surface area (Å²) in [5.74, 6) is -2.69. The van der Waals surface area contributed by atoms with Crippen molar-refractivity contribution >= 4 is 35.1 Å². The van der Waals surface area contributed by atoms with E-state index in [9.17, 15) is 14.7 Å². The molecule has 0 saturated heterocycles. The lowest BCUT2D eigenvalue weighted by molar-refractivity contribution is -0.298. The van der Waals surface area contributed by atoms with Gasteiger partial charge in [0.2, 0.25) is 11.7 Å². The van der Waals surface area contributed by atoms with Crippen LogP contribution in [0, 0.1) is 0 Å². The van der Waals surface area contributed by atoms with Crippen molar-refractivity contribution in [2.75, 3.05) is 5.32 Å². The van der Waals surface area contributed by atoms with Gasteiger partial charge in [-0.25, -0.2) is 0 Å². The topological polar surface area (TPSA) is 78.5 Å². The molecule has 1 N–H and O–H groups in total. The maximum Gasteiger partial charge on any atom is 0.235 e. The molecular weight excluding hydrogens is 330 g/mol. The number of carboxylic acid groups (broad SMARTS) is 1. The first-order chi connectivity index (χ1) is 11.6. The summed E-state index contributed by atoms with van der Waals surface area (Å²) < 4.78 is 5.41. The van der Waals surface area contributed by atoms with Crippen LogP contribution in [-0.4, -0.2) is 11.8 Å². The van der Waals surface area contributed by atoms with E-state index < -0.39 is 17.3 Å². The minimum atomic E-state index is -1.61. The fourth-order valence-electron chi connectivity index (χ4n) is 2.19. The van der Waals surface area contributed by atoms with Crippen LogP contribution in [0.1, 0.15) is 5.56 Å². The molecule has 0 fully saturated rings. The largest absolute Gasteiger partial charge is 0.544 e. The van der Waals surface area contributed by atoms with Crippen LogP contribution in [0.3, 0.4) is 0 Å². The second-order valence-corrected chi connectivity index (χ2v) is 5.35. The van der Waals surface area contributed by atoms with Crippen molar-refractivity contribution in [1.82, 2.24) is 0 Å². The van der Waals surface area contributed by atoms with Gasteiger partial charge in [0.25, 0.3) is 0 Å². The molecule has 2 aromatic rings. The van der Waals surface area contributed by atoms with E-state index in [-0.39, 0.29) is 11.6 Å². The molecule has 0 aromatic heterocycles.